The monoisotopic (exact) mass is 359 g/mol. The van der Waals surface area contributed by atoms with Crippen LogP contribution in [0.2, 0.25) is 0 Å². The maximum Gasteiger partial charge on any atom is 0.0529 e. The van der Waals surface area contributed by atoms with E-state index >= 15 is 0 Å². The standard InChI is InChI=1S/C19H25N3S2/c1-21(2)8-4-9-22-10-12-24-19-14-15(6-7-17(19)22)13-16(20)18-5-3-11-23-18/h3,5-7,11,14,20H,4,8-10,12-13H2,1-2H3. The molecule has 1 aromatic carbocycles. The summed E-state index contributed by atoms with van der Waals surface area (Å²) in [5.74, 6) is 1.15. The van der Waals surface area contributed by atoms with E-state index in [0.29, 0.717) is 5.71 Å². The lowest BCUT2D eigenvalue weighted by Gasteiger charge is -2.31. The molecule has 1 N–H and O–H groups in total. The second kappa shape index (κ2) is 8.19. The lowest BCUT2D eigenvalue weighted by molar-refractivity contribution is 0.400. The SMILES string of the molecule is CN(C)CCCN1CCSc2cc(CC(=N)c3cccs3)ccc21. The first-order valence-electron chi connectivity index (χ1n) is 8.40. The minimum absolute atomic E-state index is 0.716. The van der Waals surface area contributed by atoms with Gasteiger partial charge in [-0.3, -0.25) is 0 Å². The predicted octanol–water partition coefficient (Wildman–Crippen LogP) is 4.22. The summed E-state index contributed by atoms with van der Waals surface area (Å²) >= 11 is 3.60. The fraction of sp³-hybridized carbons (Fsp3) is 0.421. The molecule has 2 aromatic rings. The second-order valence-corrected chi connectivity index (χ2v) is 8.51. The third-order valence-electron chi connectivity index (χ3n) is 4.22. The number of anilines is 1. The highest BCUT2D eigenvalue weighted by Crippen LogP contribution is 2.35. The molecule has 3 nitrogen and oxygen atoms in total. The van der Waals surface area contributed by atoms with Gasteiger partial charge in [-0.25, -0.2) is 0 Å². The number of hydrogen-bond donors (Lipinski definition) is 1. The van der Waals surface area contributed by atoms with Crippen molar-refractivity contribution in [2.75, 3.05) is 44.4 Å². The van der Waals surface area contributed by atoms with E-state index in [-0.39, 0.29) is 0 Å². The Bertz CT molecular complexity index is 680. The number of thioether (sulfide) groups is 1. The highest BCUT2D eigenvalue weighted by Gasteiger charge is 2.18. The first kappa shape index (κ1) is 17.5. The van der Waals surface area contributed by atoms with Gasteiger partial charge in [-0.1, -0.05) is 12.1 Å². The molecule has 128 valence electrons. The molecule has 0 spiro atoms. The van der Waals surface area contributed by atoms with Crippen LogP contribution >= 0.6 is 23.1 Å². The average Bonchev–Trinajstić information content (AvgIpc) is 3.09. The van der Waals surface area contributed by atoms with E-state index < -0.39 is 0 Å². The Kier molecular flexibility index (Phi) is 5.98. The van der Waals surface area contributed by atoms with E-state index in [2.05, 4.69) is 42.1 Å². The summed E-state index contributed by atoms with van der Waals surface area (Å²) in [6.45, 7) is 3.39. The molecule has 0 bridgehead atoms. The topological polar surface area (TPSA) is 30.3 Å². The molecule has 3 rings (SSSR count). The van der Waals surface area contributed by atoms with E-state index in [1.54, 1.807) is 11.3 Å². The average molecular weight is 360 g/mol. The Balaban J connectivity index is 1.67. The molecule has 0 fully saturated rings. The van der Waals surface area contributed by atoms with Gasteiger partial charge in [-0.05, 0) is 56.2 Å². The number of hydrogen-bond acceptors (Lipinski definition) is 5. The number of benzene rings is 1. The fourth-order valence-electron chi connectivity index (χ4n) is 2.98. The zero-order valence-corrected chi connectivity index (χ0v) is 16.1. The van der Waals surface area contributed by atoms with E-state index in [0.717, 1.165) is 36.7 Å². The summed E-state index contributed by atoms with van der Waals surface area (Å²) in [7, 11) is 4.27. The number of fused-ring (bicyclic) bond motifs is 1. The van der Waals surface area contributed by atoms with Gasteiger partial charge in [0.05, 0.1) is 11.4 Å². The first-order valence-corrected chi connectivity index (χ1v) is 10.3. The highest BCUT2D eigenvalue weighted by atomic mass is 32.2. The predicted molar refractivity (Wildman–Crippen MR) is 107 cm³/mol. The smallest absolute Gasteiger partial charge is 0.0529 e. The highest BCUT2D eigenvalue weighted by molar-refractivity contribution is 7.99. The Hall–Kier alpha value is -1.30. The van der Waals surface area contributed by atoms with Crippen LogP contribution in [0.25, 0.3) is 0 Å². The number of nitrogens with zero attached hydrogens (tertiary/aromatic N) is 2. The Morgan fingerprint density at radius 2 is 2.17 bits per heavy atom. The lowest BCUT2D eigenvalue weighted by atomic mass is 10.1. The van der Waals surface area contributed by atoms with Crippen molar-refractivity contribution < 1.29 is 0 Å². The lowest BCUT2D eigenvalue weighted by Crippen LogP contribution is -2.31. The van der Waals surface area contributed by atoms with Crippen LogP contribution in [0.4, 0.5) is 5.69 Å². The van der Waals surface area contributed by atoms with Crippen molar-refractivity contribution in [3.8, 4) is 0 Å². The normalized spacial score (nSPS) is 14.0. The quantitative estimate of drug-likeness (QED) is 0.751. The third-order valence-corrected chi connectivity index (χ3v) is 6.17. The zero-order chi connectivity index (χ0) is 16.9. The number of rotatable bonds is 7. The van der Waals surface area contributed by atoms with Gasteiger partial charge in [0.2, 0.25) is 0 Å². The maximum atomic E-state index is 8.28. The van der Waals surface area contributed by atoms with Crippen molar-refractivity contribution in [1.29, 1.82) is 5.41 Å². The third kappa shape index (κ3) is 4.41. The van der Waals surface area contributed by atoms with Crippen LogP contribution in [0.5, 0.6) is 0 Å². The molecule has 5 heteroatoms. The van der Waals surface area contributed by atoms with Gasteiger partial charge in [0.15, 0.2) is 0 Å². The van der Waals surface area contributed by atoms with Gasteiger partial charge in [0.25, 0.3) is 0 Å². The molecule has 0 aliphatic carbocycles. The van der Waals surface area contributed by atoms with Crippen molar-refractivity contribution in [2.45, 2.75) is 17.7 Å². The fourth-order valence-corrected chi connectivity index (χ4v) is 4.77. The van der Waals surface area contributed by atoms with E-state index in [1.807, 2.05) is 29.3 Å². The summed E-state index contributed by atoms with van der Waals surface area (Å²) in [6, 6.07) is 10.8. The van der Waals surface area contributed by atoms with Crippen molar-refractivity contribution in [3.63, 3.8) is 0 Å². The summed E-state index contributed by atoms with van der Waals surface area (Å²) in [6.07, 6.45) is 1.91. The maximum absolute atomic E-state index is 8.28. The molecule has 1 aromatic heterocycles. The van der Waals surface area contributed by atoms with Crippen LogP contribution in [-0.2, 0) is 6.42 Å². The molecule has 0 amide bonds. The first-order chi connectivity index (χ1) is 11.6. The van der Waals surface area contributed by atoms with Crippen LogP contribution in [0.3, 0.4) is 0 Å². The molecule has 0 atom stereocenters. The van der Waals surface area contributed by atoms with Gasteiger partial charge in [-0.2, -0.15) is 0 Å². The van der Waals surface area contributed by atoms with Crippen LogP contribution < -0.4 is 4.90 Å². The number of nitrogens with one attached hydrogen (secondary N) is 1. The molecule has 0 saturated heterocycles. The van der Waals surface area contributed by atoms with Crippen LogP contribution in [0, 0.1) is 5.41 Å². The van der Waals surface area contributed by atoms with Crippen LogP contribution in [-0.4, -0.2) is 50.1 Å². The van der Waals surface area contributed by atoms with Gasteiger partial charge >= 0.3 is 0 Å². The van der Waals surface area contributed by atoms with Crippen molar-refractivity contribution in [2.24, 2.45) is 0 Å². The summed E-state index contributed by atoms with van der Waals surface area (Å²) < 4.78 is 0. The van der Waals surface area contributed by atoms with Crippen molar-refractivity contribution >= 4 is 34.5 Å². The molecule has 2 heterocycles. The Labute approximate surface area is 153 Å². The van der Waals surface area contributed by atoms with Gasteiger partial charge in [0, 0.05) is 35.0 Å². The van der Waals surface area contributed by atoms with Crippen molar-refractivity contribution in [1.82, 2.24) is 4.90 Å². The van der Waals surface area contributed by atoms with Crippen LogP contribution in [0.15, 0.2) is 40.6 Å². The Morgan fingerprint density at radius 1 is 1.29 bits per heavy atom. The summed E-state index contributed by atoms with van der Waals surface area (Å²) in [5, 5.41) is 10.3. The minimum Gasteiger partial charge on any atom is -0.370 e. The van der Waals surface area contributed by atoms with Gasteiger partial charge in [0.1, 0.15) is 0 Å². The largest absolute Gasteiger partial charge is 0.370 e. The van der Waals surface area contributed by atoms with Gasteiger partial charge < -0.3 is 15.2 Å². The molecular formula is C19H25N3S2. The van der Waals surface area contributed by atoms with E-state index in [9.17, 15) is 0 Å². The molecule has 24 heavy (non-hydrogen) atoms. The zero-order valence-electron chi connectivity index (χ0n) is 14.4. The second-order valence-electron chi connectivity index (χ2n) is 6.43. The van der Waals surface area contributed by atoms with E-state index in [1.165, 1.54) is 22.6 Å². The number of thiophene rings is 1. The molecule has 0 radical (unpaired) electrons. The molecule has 1 aliphatic rings. The summed E-state index contributed by atoms with van der Waals surface area (Å²) in [5.41, 5.74) is 3.33. The molecule has 1 aliphatic heterocycles. The molecular weight excluding hydrogens is 334 g/mol. The Morgan fingerprint density at radius 3 is 2.92 bits per heavy atom. The molecule has 0 unspecified atom stereocenters. The minimum atomic E-state index is 0.716. The van der Waals surface area contributed by atoms with E-state index in [4.69, 9.17) is 5.41 Å². The summed E-state index contributed by atoms with van der Waals surface area (Å²) in [4.78, 5) is 7.22. The van der Waals surface area contributed by atoms with Gasteiger partial charge in [-0.15, -0.1) is 23.1 Å². The van der Waals surface area contributed by atoms with Crippen LogP contribution in [0.1, 0.15) is 16.9 Å². The van der Waals surface area contributed by atoms with Crippen molar-refractivity contribution in [3.05, 3.63) is 46.2 Å². The molecule has 0 saturated carbocycles.